The third-order valence-electron chi connectivity index (χ3n) is 5.72. The van der Waals surface area contributed by atoms with E-state index >= 15 is 0 Å². The number of carbonyl (C=O) groups excluding carboxylic acids is 2. The van der Waals surface area contributed by atoms with Gasteiger partial charge in [-0.05, 0) is 24.8 Å². The van der Waals surface area contributed by atoms with E-state index in [0.29, 0.717) is 31.9 Å². The topological polar surface area (TPSA) is 108 Å². The molecule has 9 nitrogen and oxygen atoms in total. The van der Waals surface area contributed by atoms with Gasteiger partial charge in [0.2, 0.25) is 11.8 Å². The van der Waals surface area contributed by atoms with E-state index in [1.165, 1.54) is 19.4 Å². The number of piperazine rings is 1. The average Bonchev–Trinajstić information content (AvgIpc) is 2.73. The van der Waals surface area contributed by atoms with Crippen LogP contribution >= 0.6 is 0 Å². The number of hydrazine groups is 1. The molecule has 1 aliphatic carbocycles. The molecule has 1 saturated carbocycles. The Morgan fingerprint density at radius 2 is 1.76 bits per heavy atom. The van der Waals surface area contributed by atoms with Gasteiger partial charge in [-0.3, -0.25) is 19.7 Å². The van der Waals surface area contributed by atoms with Gasteiger partial charge < -0.3 is 15.6 Å². The summed E-state index contributed by atoms with van der Waals surface area (Å²) in [4.78, 5) is 37.4. The van der Waals surface area contributed by atoms with Crippen molar-refractivity contribution in [3.05, 3.63) is 34.4 Å². The number of carbonyl (C=O) groups is 2. The summed E-state index contributed by atoms with van der Waals surface area (Å²) in [5.41, 5.74) is 3.56. The molecule has 0 spiro atoms. The molecule has 9 heteroatoms. The van der Waals surface area contributed by atoms with E-state index < -0.39 is 11.0 Å². The number of anilines is 1. The van der Waals surface area contributed by atoms with Gasteiger partial charge in [0, 0.05) is 39.2 Å². The molecule has 1 aromatic carbocycles. The third-order valence-corrected chi connectivity index (χ3v) is 5.72. The lowest BCUT2D eigenvalue weighted by Gasteiger charge is -2.39. The molecule has 1 unspecified atom stereocenters. The van der Waals surface area contributed by atoms with Crippen LogP contribution in [0.15, 0.2) is 24.3 Å². The summed E-state index contributed by atoms with van der Waals surface area (Å²) in [6.45, 7) is 3.58. The summed E-state index contributed by atoms with van der Waals surface area (Å²) < 4.78 is 0. The second kappa shape index (κ2) is 9.69. The van der Waals surface area contributed by atoms with Crippen LogP contribution in [-0.4, -0.2) is 58.9 Å². The molecule has 2 amide bonds. The monoisotopic (exact) mass is 403 g/mol. The maximum absolute atomic E-state index is 13.1. The Hall–Kier alpha value is -2.68. The molecule has 1 aliphatic heterocycles. The molecule has 158 valence electrons. The molecule has 0 radical (unpaired) electrons. The fraction of sp³-hybridized carbons (Fsp3) is 0.600. The molecule has 1 atom stereocenters. The van der Waals surface area contributed by atoms with Crippen LogP contribution in [0, 0.1) is 16.0 Å². The van der Waals surface area contributed by atoms with Gasteiger partial charge in [-0.15, -0.1) is 0 Å². The number of nitrogens with zero attached hydrogens (tertiary/aromatic N) is 3. The Morgan fingerprint density at radius 3 is 2.38 bits per heavy atom. The predicted molar refractivity (Wildman–Crippen MR) is 109 cm³/mol. The van der Waals surface area contributed by atoms with Crippen molar-refractivity contribution in [1.82, 2.24) is 15.2 Å². The maximum Gasteiger partial charge on any atom is 0.293 e. The average molecular weight is 403 g/mol. The number of benzene rings is 1. The molecular formula is C20H29N5O4. The fourth-order valence-electron chi connectivity index (χ4n) is 4.20. The highest BCUT2D eigenvalue weighted by molar-refractivity contribution is 5.87. The van der Waals surface area contributed by atoms with Crippen LogP contribution in [0.5, 0.6) is 0 Å². The van der Waals surface area contributed by atoms with Crippen LogP contribution in [-0.2, 0) is 9.59 Å². The summed E-state index contributed by atoms with van der Waals surface area (Å²) >= 11 is 0. The van der Waals surface area contributed by atoms with E-state index in [1.54, 1.807) is 23.1 Å². The molecule has 2 N–H and O–H groups in total. The molecule has 29 heavy (non-hydrogen) atoms. The van der Waals surface area contributed by atoms with Gasteiger partial charge in [0.1, 0.15) is 11.7 Å². The summed E-state index contributed by atoms with van der Waals surface area (Å²) in [6, 6.07) is 6.06. The van der Waals surface area contributed by atoms with E-state index in [9.17, 15) is 19.7 Å². The number of amides is 2. The van der Waals surface area contributed by atoms with Crippen molar-refractivity contribution < 1.29 is 14.5 Å². The molecule has 3 rings (SSSR count). The minimum atomic E-state index is -0.456. The molecule has 1 aromatic rings. The minimum Gasteiger partial charge on any atom is -0.344 e. The van der Waals surface area contributed by atoms with Crippen LogP contribution in [0.4, 0.5) is 11.4 Å². The Bertz CT molecular complexity index is 742. The van der Waals surface area contributed by atoms with Gasteiger partial charge in [-0.1, -0.05) is 31.4 Å². The van der Waals surface area contributed by atoms with Gasteiger partial charge in [-0.25, -0.2) is 5.01 Å². The van der Waals surface area contributed by atoms with Gasteiger partial charge in [-0.2, -0.15) is 0 Å². The molecular weight excluding hydrogens is 374 g/mol. The number of hydrogen-bond acceptors (Lipinski definition) is 6. The zero-order valence-electron chi connectivity index (χ0n) is 16.8. The smallest absolute Gasteiger partial charge is 0.293 e. The van der Waals surface area contributed by atoms with Crippen LogP contribution in [0.1, 0.15) is 39.0 Å². The highest BCUT2D eigenvalue weighted by atomic mass is 16.6. The van der Waals surface area contributed by atoms with Crippen LogP contribution in [0.2, 0.25) is 0 Å². The molecule has 1 heterocycles. The highest BCUT2D eigenvalue weighted by Gasteiger charge is 2.34. The van der Waals surface area contributed by atoms with E-state index in [0.717, 1.165) is 25.7 Å². The summed E-state index contributed by atoms with van der Waals surface area (Å²) in [7, 11) is 0. The first kappa shape index (κ1) is 21.0. The Kier molecular flexibility index (Phi) is 7.03. The first-order valence-electron chi connectivity index (χ1n) is 10.3. The first-order chi connectivity index (χ1) is 14.0. The first-order valence-corrected chi connectivity index (χ1v) is 10.3. The van der Waals surface area contributed by atoms with Gasteiger partial charge >= 0.3 is 0 Å². The van der Waals surface area contributed by atoms with Crippen LogP contribution in [0.3, 0.4) is 0 Å². The van der Waals surface area contributed by atoms with E-state index in [1.807, 2.05) is 5.01 Å². The molecule has 0 aromatic heterocycles. The van der Waals surface area contributed by atoms with Crippen molar-refractivity contribution in [1.29, 1.82) is 0 Å². The van der Waals surface area contributed by atoms with Crippen LogP contribution < -0.4 is 10.7 Å². The minimum absolute atomic E-state index is 0.0163. The fourth-order valence-corrected chi connectivity index (χ4v) is 4.20. The SMILES string of the molecule is CC(=O)NC(C(=O)N1CCN(Nc2ccccc2[N+](=O)[O-])CC1)C1CCCCC1. The van der Waals surface area contributed by atoms with Gasteiger partial charge in [0.15, 0.2) is 0 Å². The number of rotatable bonds is 6. The predicted octanol–water partition coefficient (Wildman–Crippen LogP) is 2.15. The maximum atomic E-state index is 13.1. The molecule has 2 aliphatic rings. The standard InChI is InChI=1S/C20H29N5O4/c1-15(26)21-19(16-7-3-2-4-8-16)20(27)23-11-13-24(14-12-23)22-17-9-5-6-10-18(17)25(28)29/h5-6,9-10,16,19,22H,2-4,7-8,11-14H2,1H3,(H,21,26). The van der Waals surface area contributed by atoms with Crippen molar-refractivity contribution in [2.24, 2.45) is 5.92 Å². The highest BCUT2D eigenvalue weighted by Crippen LogP contribution is 2.28. The lowest BCUT2D eigenvalue weighted by atomic mass is 9.83. The summed E-state index contributed by atoms with van der Waals surface area (Å²) in [5, 5.41) is 16.0. The number of hydrogen-bond donors (Lipinski definition) is 2. The Labute approximate surface area is 170 Å². The third kappa shape index (κ3) is 5.44. The van der Waals surface area contributed by atoms with E-state index in [4.69, 9.17) is 0 Å². The molecule has 2 fully saturated rings. The molecule has 0 bridgehead atoms. The van der Waals surface area contributed by atoms with Crippen LogP contribution in [0.25, 0.3) is 0 Å². The zero-order valence-corrected chi connectivity index (χ0v) is 16.8. The Morgan fingerprint density at radius 1 is 1.10 bits per heavy atom. The van der Waals surface area contributed by atoms with E-state index in [2.05, 4.69) is 10.7 Å². The second-order valence-corrected chi connectivity index (χ2v) is 7.77. The normalized spacial score (nSPS) is 19.4. The lowest BCUT2D eigenvalue weighted by molar-refractivity contribution is -0.384. The van der Waals surface area contributed by atoms with E-state index in [-0.39, 0.29) is 23.4 Å². The quantitative estimate of drug-likeness (QED) is 0.557. The van der Waals surface area contributed by atoms with Crippen molar-refractivity contribution in [3.63, 3.8) is 0 Å². The van der Waals surface area contributed by atoms with Gasteiger partial charge in [0.25, 0.3) is 5.69 Å². The van der Waals surface area contributed by atoms with Gasteiger partial charge in [0.05, 0.1) is 4.92 Å². The second-order valence-electron chi connectivity index (χ2n) is 7.77. The van der Waals surface area contributed by atoms with Crippen molar-refractivity contribution in [2.75, 3.05) is 31.6 Å². The lowest BCUT2D eigenvalue weighted by Crippen LogP contribution is -2.57. The van der Waals surface area contributed by atoms with Crippen molar-refractivity contribution in [3.8, 4) is 0 Å². The summed E-state index contributed by atoms with van der Waals surface area (Å²) in [6.07, 6.45) is 5.32. The number of para-hydroxylation sites is 2. The van der Waals surface area contributed by atoms with Crippen molar-refractivity contribution in [2.45, 2.75) is 45.1 Å². The van der Waals surface area contributed by atoms with Crippen molar-refractivity contribution >= 4 is 23.2 Å². The largest absolute Gasteiger partial charge is 0.344 e. The molecule has 1 saturated heterocycles. The zero-order chi connectivity index (χ0) is 20.8. The number of nitrogens with one attached hydrogen (secondary N) is 2. The number of nitro groups is 1. The summed E-state index contributed by atoms with van der Waals surface area (Å²) in [5.74, 6) is 0.00586. The number of nitro benzene ring substituents is 1. The Balaban J connectivity index is 1.59.